The molecule has 0 atom stereocenters. The second-order valence-corrected chi connectivity index (χ2v) is 5.76. The van der Waals surface area contributed by atoms with Crippen LogP contribution in [0.1, 0.15) is 41.9 Å². The van der Waals surface area contributed by atoms with Crippen molar-refractivity contribution >= 4 is 22.4 Å². The molecule has 0 spiro atoms. The molecule has 2 heterocycles. The van der Waals surface area contributed by atoms with E-state index < -0.39 is 0 Å². The van der Waals surface area contributed by atoms with Gasteiger partial charge in [-0.2, -0.15) is 0 Å². The van der Waals surface area contributed by atoms with Gasteiger partial charge < -0.3 is 4.42 Å². The summed E-state index contributed by atoms with van der Waals surface area (Å²) in [7, 11) is 0. The van der Waals surface area contributed by atoms with E-state index in [-0.39, 0.29) is 11.8 Å². The summed E-state index contributed by atoms with van der Waals surface area (Å²) in [4.78, 5) is 14.4. The predicted octanol–water partition coefficient (Wildman–Crippen LogP) is 3.51. The van der Waals surface area contributed by atoms with Crippen molar-refractivity contribution in [2.75, 3.05) is 4.90 Å². The molecule has 22 heavy (non-hydrogen) atoms. The molecule has 1 amide bonds. The van der Waals surface area contributed by atoms with Crippen molar-refractivity contribution in [1.82, 2.24) is 10.2 Å². The number of aromatic nitrogens is 2. The molecule has 0 bridgehead atoms. The van der Waals surface area contributed by atoms with Gasteiger partial charge in [-0.3, -0.25) is 9.69 Å². The lowest BCUT2D eigenvalue weighted by Gasteiger charge is -2.15. The largest absolute Gasteiger partial charge is 0.423 e. The number of hydrogen-bond acceptors (Lipinski definition) is 4. The minimum absolute atomic E-state index is 0.0175. The van der Waals surface area contributed by atoms with Crippen LogP contribution in [0.2, 0.25) is 0 Å². The van der Waals surface area contributed by atoms with Crippen molar-refractivity contribution in [3.05, 3.63) is 53.7 Å². The maximum Gasteiger partial charge on any atom is 0.259 e. The van der Waals surface area contributed by atoms with Crippen LogP contribution in [0, 0.1) is 0 Å². The van der Waals surface area contributed by atoms with Gasteiger partial charge in [0.2, 0.25) is 11.8 Å². The highest BCUT2D eigenvalue weighted by molar-refractivity contribution is 6.24. The third-order valence-electron chi connectivity index (χ3n) is 3.92. The van der Waals surface area contributed by atoms with Gasteiger partial charge in [-0.15, -0.1) is 10.2 Å². The second-order valence-electron chi connectivity index (χ2n) is 5.76. The molecular formula is C17H15N3O2. The summed E-state index contributed by atoms with van der Waals surface area (Å²) in [5.41, 5.74) is 1.64. The summed E-state index contributed by atoms with van der Waals surface area (Å²) in [6, 6.07) is 11.7. The van der Waals surface area contributed by atoms with Crippen LogP contribution in [0.25, 0.3) is 10.8 Å². The van der Waals surface area contributed by atoms with Gasteiger partial charge in [-0.1, -0.05) is 38.1 Å². The van der Waals surface area contributed by atoms with Crippen LogP contribution < -0.4 is 4.90 Å². The minimum Gasteiger partial charge on any atom is -0.423 e. The van der Waals surface area contributed by atoms with Gasteiger partial charge in [0.05, 0.1) is 5.69 Å². The molecule has 1 aliphatic heterocycles. The average Bonchev–Trinajstić information content (AvgIpc) is 3.09. The van der Waals surface area contributed by atoms with E-state index in [1.165, 1.54) is 0 Å². The topological polar surface area (TPSA) is 59.2 Å². The molecule has 0 radical (unpaired) electrons. The van der Waals surface area contributed by atoms with Gasteiger partial charge in [0, 0.05) is 16.9 Å². The fourth-order valence-electron chi connectivity index (χ4n) is 2.84. The Hall–Kier alpha value is -2.69. The van der Waals surface area contributed by atoms with E-state index in [0.29, 0.717) is 18.3 Å². The Balaban J connectivity index is 1.75. The van der Waals surface area contributed by atoms with Crippen molar-refractivity contribution in [2.24, 2.45) is 0 Å². The van der Waals surface area contributed by atoms with E-state index in [0.717, 1.165) is 22.0 Å². The van der Waals surface area contributed by atoms with Crippen LogP contribution in [0.15, 0.2) is 40.8 Å². The highest BCUT2D eigenvalue weighted by Crippen LogP contribution is 2.37. The second kappa shape index (κ2) is 4.66. The number of anilines is 1. The summed E-state index contributed by atoms with van der Waals surface area (Å²) in [6.45, 7) is 4.29. The molecule has 1 aliphatic rings. The molecule has 2 aromatic carbocycles. The zero-order chi connectivity index (χ0) is 15.3. The fraction of sp³-hybridized carbons (Fsp3) is 0.235. The molecule has 5 heteroatoms. The van der Waals surface area contributed by atoms with Crippen molar-refractivity contribution < 1.29 is 9.21 Å². The van der Waals surface area contributed by atoms with Gasteiger partial charge in [-0.05, 0) is 17.5 Å². The highest BCUT2D eigenvalue weighted by Gasteiger charge is 2.30. The lowest BCUT2D eigenvalue weighted by molar-refractivity contribution is 0.0989. The molecule has 4 rings (SSSR count). The van der Waals surface area contributed by atoms with Crippen molar-refractivity contribution in [1.29, 1.82) is 0 Å². The number of rotatable bonds is 3. The summed E-state index contributed by atoms with van der Waals surface area (Å²) in [5, 5.41) is 10.1. The van der Waals surface area contributed by atoms with Gasteiger partial charge in [0.25, 0.3) is 5.91 Å². The first-order valence-electron chi connectivity index (χ1n) is 7.31. The zero-order valence-corrected chi connectivity index (χ0v) is 12.4. The predicted molar refractivity (Wildman–Crippen MR) is 82.8 cm³/mol. The molecule has 0 saturated carbocycles. The Morgan fingerprint density at radius 2 is 1.91 bits per heavy atom. The van der Waals surface area contributed by atoms with E-state index >= 15 is 0 Å². The molecule has 5 nitrogen and oxygen atoms in total. The normalized spacial score (nSPS) is 13.6. The zero-order valence-electron chi connectivity index (χ0n) is 12.4. The number of benzene rings is 2. The maximum absolute atomic E-state index is 12.7. The van der Waals surface area contributed by atoms with E-state index in [4.69, 9.17) is 4.42 Å². The Morgan fingerprint density at radius 3 is 2.64 bits per heavy atom. The first kappa shape index (κ1) is 13.0. The lowest BCUT2D eigenvalue weighted by atomic mass is 10.1. The first-order valence-corrected chi connectivity index (χ1v) is 7.31. The van der Waals surface area contributed by atoms with Crippen molar-refractivity contribution in [3.63, 3.8) is 0 Å². The quantitative estimate of drug-likeness (QED) is 0.741. The monoisotopic (exact) mass is 293 g/mol. The number of hydrogen-bond donors (Lipinski definition) is 0. The Bertz CT molecular complexity index is 877. The molecule has 3 aromatic rings. The lowest BCUT2D eigenvalue weighted by Crippen LogP contribution is -2.26. The number of carbonyl (C=O) groups excluding carboxylic acids is 1. The smallest absolute Gasteiger partial charge is 0.259 e. The Morgan fingerprint density at radius 1 is 1.14 bits per heavy atom. The van der Waals surface area contributed by atoms with E-state index in [9.17, 15) is 4.79 Å². The first-order chi connectivity index (χ1) is 10.6. The van der Waals surface area contributed by atoms with E-state index in [2.05, 4.69) is 10.2 Å². The molecule has 1 aromatic heterocycles. The fourth-order valence-corrected chi connectivity index (χ4v) is 2.84. The maximum atomic E-state index is 12.7. The van der Waals surface area contributed by atoms with Gasteiger partial charge in [-0.25, -0.2) is 0 Å². The summed E-state index contributed by atoms with van der Waals surface area (Å²) in [5.74, 6) is 1.21. The van der Waals surface area contributed by atoms with Crippen molar-refractivity contribution in [2.45, 2.75) is 26.3 Å². The Labute approximate surface area is 127 Å². The third-order valence-corrected chi connectivity index (χ3v) is 3.92. The van der Waals surface area contributed by atoms with Crippen LogP contribution in [0.3, 0.4) is 0 Å². The summed E-state index contributed by atoms with van der Waals surface area (Å²) >= 11 is 0. The third kappa shape index (κ3) is 1.82. The van der Waals surface area contributed by atoms with Crippen molar-refractivity contribution in [3.8, 4) is 0 Å². The number of nitrogens with zero attached hydrogens (tertiary/aromatic N) is 3. The Kier molecular flexibility index (Phi) is 2.76. The highest BCUT2D eigenvalue weighted by atomic mass is 16.4. The number of carbonyl (C=O) groups is 1. The summed E-state index contributed by atoms with van der Waals surface area (Å²) < 4.78 is 5.63. The molecule has 110 valence electrons. The summed E-state index contributed by atoms with van der Waals surface area (Å²) in [6.07, 6.45) is 0. The SMILES string of the molecule is CC(C)c1nnc(CN2C(=O)c3cccc4cccc2c34)o1. The van der Waals surface area contributed by atoms with Crippen LogP contribution >= 0.6 is 0 Å². The molecule has 0 fully saturated rings. The number of amides is 1. The van der Waals surface area contributed by atoms with E-state index in [1.54, 1.807) is 4.90 Å². The van der Waals surface area contributed by atoms with Gasteiger partial charge >= 0.3 is 0 Å². The molecular weight excluding hydrogens is 278 g/mol. The van der Waals surface area contributed by atoms with E-state index in [1.807, 2.05) is 50.2 Å². The molecule has 0 saturated heterocycles. The van der Waals surface area contributed by atoms with Crippen LogP contribution in [0.4, 0.5) is 5.69 Å². The van der Waals surface area contributed by atoms with Gasteiger partial charge in [0.1, 0.15) is 6.54 Å². The van der Waals surface area contributed by atoms with Gasteiger partial charge in [0.15, 0.2) is 0 Å². The average molecular weight is 293 g/mol. The van der Waals surface area contributed by atoms with Crippen LogP contribution in [-0.2, 0) is 6.54 Å². The molecule has 0 aliphatic carbocycles. The molecule has 0 unspecified atom stereocenters. The minimum atomic E-state index is -0.0175. The molecule has 0 N–H and O–H groups in total. The van der Waals surface area contributed by atoms with Crippen LogP contribution in [0.5, 0.6) is 0 Å². The van der Waals surface area contributed by atoms with Crippen LogP contribution in [-0.4, -0.2) is 16.1 Å². The standard InChI is InChI=1S/C17H15N3O2/c1-10(2)16-19-18-14(22-16)9-20-13-8-4-6-11-5-3-7-12(15(11)13)17(20)21/h3-8,10H,9H2,1-2H3.